The van der Waals surface area contributed by atoms with Gasteiger partial charge >= 0.3 is 6.03 Å². The molecule has 162 valence electrons. The molecule has 0 fully saturated rings. The van der Waals surface area contributed by atoms with Crippen LogP contribution in [-0.2, 0) is 0 Å². The average Bonchev–Trinajstić information content (AvgIpc) is 2.79. The number of amides is 2. The van der Waals surface area contributed by atoms with E-state index in [1.54, 1.807) is 25.3 Å². The Hall–Kier alpha value is -3.77. The zero-order valence-electron chi connectivity index (χ0n) is 17.7. The second-order valence-electron chi connectivity index (χ2n) is 6.99. The van der Waals surface area contributed by atoms with Crippen LogP contribution in [0, 0.1) is 0 Å². The number of hydrogen-bond donors (Lipinski definition) is 2. The van der Waals surface area contributed by atoms with Gasteiger partial charge in [0, 0.05) is 39.5 Å². The van der Waals surface area contributed by atoms with Crippen LogP contribution in [-0.4, -0.2) is 24.7 Å². The largest absolute Gasteiger partial charge is 0.497 e. The zero-order chi connectivity index (χ0) is 22.5. The number of fused-ring (bicyclic) bond motifs is 1. The number of urea groups is 1. The van der Waals surface area contributed by atoms with Gasteiger partial charge in [0.25, 0.3) is 0 Å². The first-order chi connectivity index (χ1) is 15.6. The number of carbonyl (C=O) groups is 1. The highest BCUT2D eigenvalue weighted by molar-refractivity contribution is 6.30. The third-order valence-corrected chi connectivity index (χ3v) is 5.01. The van der Waals surface area contributed by atoms with E-state index in [0.717, 1.165) is 22.2 Å². The first-order valence-corrected chi connectivity index (χ1v) is 10.5. The van der Waals surface area contributed by atoms with Crippen molar-refractivity contribution in [2.75, 3.05) is 24.4 Å². The van der Waals surface area contributed by atoms with Gasteiger partial charge in [-0.1, -0.05) is 29.8 Å². The van der Waals surface area contributed by atoms with Crippen molar-refractivity contribution in [2.45, 2.75) is 6.92 Å². The molecule has 0 aliphatic rings. The Balaban J connectivity index is 1.62. The summed E-state index contributed by atoms with van der Waals surface area (Å²) in [5.41, 5.74) is 3.67. The van der Waals surface area contributed by atoms with Crippen molar-refractivity contribution in [3.05, 3.63) is 77.8 Å². The molecule has 2 N–H and O–H groups in total. The summed E-state index contributed by atoms with van der Waals surface area (Å²) in [5.74, 6) is 1.35. The van der Waals surface area contributed by atoms with Gasteiger partial charge in [0.15, 0.2) is 0 Å². The van der Waals surface area contributed by atoms with Crippen molar-refractivity contribution >= 4 is 39.9 Å². The Morgan fingerprint density at radius 1 is 0.969 bits per heavy atom. The predicted molar refractivity (Wildman–Crippen MR) is 129 cm³/mol. The van der Waals surface area contributed by atoms with Crippen LogP contribution < -0.4 is 20.1 Å². The van der Waals surface area contributed by atoms with E-state index in [1.807, 2.05) is 61.5 Å². The van der Waals surface area contributed by atoms with Gasteiger partial charge in [-0.3, -0.25) is 0 Å². The number of nitrogens with one attached hydrogen (secondary N) is 2. The van der Waals surface area contributed by atoms with E-state index < -0.39 is 0 Å². The van der Waals surface area contributed by atoms with Gasteiger partial charge in [0.05, 0.1) is 24.9 Å². The Morgan fingerprint density at radius 3 is 2.50 bits per heavy atom. The van der Waals surface area contributed by atoms with Crippen molar-refractivity contribution in [3.8, 4) is 22.8 Å². The highest BCUT2D eigenvalue weighted by Gasteiger charge is 2.11. The van der Waals surface area contributed by atoms with Gasteiger partial charge in [-0.25, -0.2) is 9.78 Å². The van der Waals surface area contributed by atoms with Crippen molar-refractivity contribution < 1.29 is 14.3 Å². The SMILES string of the molecule is CCOc1cc(-c2cccc(Cl)c2)nc2ccc(NC(=O)Nc3cccc(OC)c3)cc12. The number of pyridine rings is 1. The van der Waals surface area contributed by atoms with Gasteiger partial charge in [-0.2, -0.15) is 0 Å². The number of aromatic nitrogens is 1. The lowest BCUT2D eigenvalue weighted by Crippen LogP contribution is -2.19. The molecule has 0 unspecified atom stereocenters. The second-order valence-corrected chi connectivity index (χ2v) is 7.43. The van der Waals surface area contributed by atoms with Crippen molar-refractivity contribution in [3.63, 3.8) is 0 Å². The van der Waals surface area contributed by atoms with E-state index in [-0.39, 0.29) is 6.03 Å². The van der Waals surface area contributed by atoms with Crippen LogP contribution in [0.5, 0.6) is 11.5 Å². The van der Waals surface area contributed by atoms with Crippen molar-refractivity contribution in [1.82, 2.24) is 4.98 Å². The minimum absolute atomic E-state index is 0.362. The highest BCUT2D eigenvalue weighted by Crippen LogP contribution is 2.32. The third-order valence-electron chi connectivity index (χ3n) is 4.78. The lowest BCUT2D eigenvalue weighted by Gasteiger charge is -2.13. The minimum atomic E-state index is -0.362. The summed E-state index contributed by atoms with van der Waals surface area (Å²) in [5, 5.41) is 7.10. The maximum absolute atomic E-state index is 12.5. The molecule has 4 aromatic rings. The molecule has 3 aromatic carbocycles. The molecule has 1 aromatic heterocycles. The first-order valence-electron chi connectivity index (χ1n) is 10.1. The van der Waals surface area contributed by atoms with Crippen LogP contribution in [0.1, 0.15) is 6.92 Å². The molecule has 2 amide bonds. The molecular formula is C25H22ClN3O3. The topological polar surface area (TPSA) is 72.5 Å². The zero-order valence-corrected chi connectivity index (χ0v) is 18.4. The smallest absolute Gasteiger partial charge is 0.323 e. The molecule has 0 radical (unpaired) electrons. The molecule has 32 heavy (non-hydrogen) atoms. The number of ether oxygens (including phenoxy) is 2. The number of halogens is 1. The Labute approximate surface area is 191 Å². The second kappa shape index (κ2) is 9.58. The first kappa shape index (κ1) is 21.5. The van der Waals surface area contributed by atoms with Crippen LogP contribution >= 0.6 is 11.6 Å². The normalized spacial score (nSPS) is 10.6. The maximum Gasteiger partial charge on any atom is 0.323 e. The van der Waals surface area contributed by atoms with Gasteiger partial charge in [-0.05, 0) is 49.4 Å². The number of nitrogens with zero attached hydrogens (tertiary/aromatic N) is 1. The molecule has 0 saturated heterocycles. The molecule has 6 nitrogen and oxygen atoms in total. The third kappa shape index (κ3) is 4.92. The lowest BCUT2D eigenvalue weighted by atomic mass is 10.1. The van der Waals surface area contributed by atoms with E-state index >= 15 is 0 Å². The fourth-order valence-corrected chi connectivity index (χ4v) is 3.53. The quantitative estimate of drug-likeness (QED) is 0.349. The average molecular weight is 448 g/mol. The summed E-state index contributed by atoms with van der Waals surface area (Å²) >= 11 is 6.15. The molecule has 0 aliphatic heterocycles. The van der Waals surface area contributed by atoms with Crippen LogP contribution in [0.15, 0.2) is 72.8 Å². The minimum Gasteiger partial charge on any atom is -0.497 e. The molecule has 1 heterocycles. The van der Waals surface area contributed by atoms with Crippen LogP contribution in [0.2, 0.25) is 5.02 Å². The van der Waals surface area contributed by atoms with Crippen LogP contribution in [0.4, 0.5) is 16.2 Å². The number of methoxy groups -OCH3 is 1. The standard InChI is InChI=1S/C25H22ClN3O3/c1-3-32-24-15-23(16-6-4-7-17(26)12-16)29-22-11-10-19(14-21(22)24)28-25(30)27-18-8-5-9-20(13-18)31-2/h4-15H,3H2,1-2H3,(H2,27,28,30). The number of anilines is 2. The van der Waals surface area contributed by atoms with E-state index in [1.165, 1.54) is 0 Å². The summed E-state index contributed by atoms with van der Waals surface area (Å²) in [6.45, 7) is 2.43. The summed E-state index contributed by atoms with van der Waals surface area (Å²) in [7, 11) is 1.58. The molecule has 0 atom stereocenters. The lowest BCUT2D eigenvalue weighted by molar-refractivity contribution is 0.262. The monoisotopic (exact) mass is 447 g/mol. The van der Waals surface area contributed by atoms with Crippen molar-refractivity contribution in [2.24, 2.45) is 0 Å². The molecule has 0 aliphatic carbocycles. The predicted octanol–water partition coefficient (Wildman–Crippen LogP) is 6.61. The Morgan fingerprint density at radius 2 is 1.75 bits per heavy atom. The Kier molecular flexibility index (Phi) is 6.42. The fraction of sp³-hybridized carbons (Fsp3) is 0.120. The van der Waals surface area contributed by atoms with E-state index in [0.29, 0.717) is 34.5 Å². The number of benzene rings is 3. The molecule has 0 saturated carbocycles. The van der Waals surface area contributed by atoms with Crippen LogP contribution in [0.25, 0.3) is 22.2 Å². The molecule has 4 rings (SSSR count). The fourth-order valence-electron chi connectivity index (χ4n) is 3.34. The number of hydrogen-bond acceptors (Lipinski definition) is 4. The van der Waals surface area contributed by atoms with Gasteiger partial charge in [0.1, 0.15) is 11.5 Å². The number of carbonyl (C=O) groups excluding carboxylic acids is 1. The van der Waals surface area contributed by atoms with Gasteiger partial charge in [0.2, 0.25) is 0 Å². The number of rotatable bonds is 6. The summed E-state index contributed by atoms with van der Waals surface area (Å²) in [6.07, 6.45) is 0. The van der Waals surface area contributed by atoms with Crippen molar-refractivity contribution in [1.29, 1.82) is 0 Å². The molecule has 0 spiro atoms. The van der Waals surface area contributed by atoms with E-state index in [9.17, 15) is 4.79 Å². The highest BCUT2D eigenvalue weighted by atomic mass is 35.5. The Bertz CT molecular complexity index is 1280. The van der Waals surface area contributed by atoms with Gasteiger partial charge in [-0.15, -0.1) is 0 Å². The van der Waals surface area contributed by atoms with Gasteiger partial charge < -0.3 is 20.1 Å². The van der Waals surface area contributed by atoms with E-state index in [2.05, 4.69) is 10.6 Å². The summed E-state index contributed by atoms with van der Waals surface area (Å²) < 4.78 is 11.1. The maximum atomic E-state index is 12.5. The summed E-state index contributed by atoms with van der Waals surface area (Å²) in [4.78, 5) is 17.2. The summed E-state index contributed by atoms with van der Waals surface area (Å²) in [6, 6.07) is 21.7. The van der Waals surface area contributed by atoms with E-state index in [4.69, 9.17) is 26.1 Å². The van der Waals surface area contributed by atoms with Crippen LogP contribution in [0.3, 0.4) is 0 Å². The molecular weight excluding hydrogens is 426 g/mol. The molecule has 0 bridgehead atoms. The molecule has 7 heteroatoms.